The van der Waals surface area contributed by atoms with E-state index >= 15 is 0 Å². The summed E-state index contributed by atoms with van der Waals surface area (Å²) >= 11 is 0. The molecule has 0 N–H and O–H groups in total. The van der Waals surface area contributed by atoms with Crippen LogP contribution in [0.1, 0.15) is 28.5 Å². The number of rotatable bonds is 4. The highest BCUT2D eigenvalue weighted by molar-refractivity contribution is 5.78. The van der Waals surface area contributed by atoms with Crippen molar-refractivity contribution in [3.8, 4) is 0 Å². The molecule has 2 rings (SSSR count). The van der Waals surface area contributed by atoms with Gasteiger partial charge in [-0.3, -0.25) is 9.59 Å². The van der Waals surface area contributed by atoms with Crippen molar-refractivity contribution in [3.05, 3.63) is 35.3 Å². The first-order chi connectivity index (χ1) is 8.63. The molecule has 0 aromatic carbocycles. The van der Waals surface area contributed by atoms with Crippen LogP contribution >= 0.6 is 0 Å². The van der Waals surface area contributed by atoms with Gasteiger partial charge in [0.25, 0.3) is 0 Å². The van der Waals surface area contributed by atoms with E-state index in [4.69, 9.17) is 4.74 Å². The number of pyridine rings is 1. The minimum atomic E-state index is -0.298. The van der Waals surface area contributed by atoms with Gasteiger partial charge in [0, 0.05) is 18.0 Å². The lowest BCUT2D eigenvalue weighted by atomic mass is 10.2. The molecule has 0 atom stereocenters. The largest absolute Gasteiger partial charge is 0.466 e. The number of aryl methyl sites for hydroxylation is 1. The van der Waals surface area contributed by atoms with E-state index in [1.165, 1.54) is 0 Å². The van der Waals surface area contributed by atoms with Gasteiger partial charge in [-0.15, -0.1) is 0 Å². The summed E-state index contributed by atoms with van der Waals surface area (Å²) in [4.78, 5) is 26.5. The maximum absolute atomic E-state index is 11.4. The second kappa shape index (κ2) is 5.00. The number of hydrogen-bond donors (Lipinski definition) is 0. The molecule has 0 saturated heterocycles. The molecule has 5 nitrogen and oxygen atoms in total. The van der Waals surface area contributed by atoms with Crippen LogP contribution in [0.15, 0.2) is 18.5 Å². The van der Waals surface area contributed by atoms with Gasteiger partial charge in [-0.2, -0.15) is 0 Å². The summed E-state index contributed by atoms with van der Waals surface area (Å²) in [6.45, 7) is 3.98. The van der Waals surface area contributed by atoms with Crippen molar-refractivity contribution in [1.29, 1.82) is 0 Å². The fourth-order valence-electron chi connectivity index (χ4n) is 1.77. The van der Waals surface area contributed by atoms with Gasteiger partial charge < -0.3 is 9.14 Å². The van der Waals surface area contributed by atoms with Gasteiger partial charge in [0.15, 0.2) is 6.29 Å². The first kappa shape index (κ1) is 12.3. The molecular formula is C13H14N2O3. The lowest BCUT2D eigenvalue weighted by Crippen LogP contribution is -2.07. The first-order valence-electron chi connectivity index (χ1n) is 5.73. The molecule has 0 radical (unpaired) electrons. The third-order valence-electron chi connectivity index (χ3n) is 2.65. The van der Waals surface area contributed by atoms with E-state index in [1.807, 2.05) is 13.0 Å². The molecule has 0 bridgehead atoms. The van der Waals surface area contributed by atoms with Gasteiger partial charge in [-0.25, -0.2) is 4.98 Å². The summed E-state index contributed by atoms with van der Waals surface area (Å²) in [6.07, 6.45) is 4.39. The van der Waals surface area contributed by atoms with Crippen molar-refractivity contribution in [2.45, 2.75) is 20.3 Å². The SMILES string of the molecule is CCOC(=O)Cc1cn2cc(C=O)c(C)cc2n1. The van der Waals surface area contributed by atoms with Crippen molar-refractivity contribution in [2.75, 3.05) is 6.61 Å². The average molecular weight is 246 g/mol. The molecule has 2 aromatic rings. The summed E-state index contributed by atoms with van der Waals surface area (Å²) in [5, 5.41) is 0. The normalized spacial score (nSPS) is 10.6. The molecule has 0 saturated carbocycles. The number of aldehydes is 1. The van der Waals surface area contributed by atoms with E-state index in [0.29, 0.717) is 17.9 Å². The van der Waals surface area contributed by atoms with Crippen LogP contribution in [0.5, 0.6) is 0 Å². The lowest BCUT2D eigenvalue weighted by Gasteiger charge is -1.98. The van der Waals surface area contributed by atoms with Gasteiger partial charge in [-0.05, 0) is 25.5 Å². The number of nitrogens with zero attached hydrogens (tertiary/aromatic N) is 2. The Morgan fingerprint density at radius 3 is 2.94 bits per heavy atom. The Bertz CT molecular complexity index is 602. The zero-order valence-corrected chi connectivity index (χ0v) is 10.3. The summed E-state index contributed by atoms with van der Waals surface area (Å²) in [6, 6.07) is 1.82. The number of carbonyl (C=O) groups is 2. The standard InChI is InChI=1S/C13H14N2O3/c1-3-18-13(17)5-11-7-15-6-10(8-16)9(2)4-12(15)14-11/h4,6-8H,3,5H2,1-2H3. The summed E-state index contributed by atoms with van der Waals surface area (Å²) in [7, 11) is 0. The Morgan fingerprint density at radius 2 is 2.28 bits per heavy atom. The minimum absolute atomic E-state index is 0.144. The van der Waals surface area contributed by atoms with Crippen molar-refractivity contribution in [2.24, 2.45) is 0 Å². The Kier molecular flexibility index (Phi) is 3.41. The highest BCUT2D eigenvalue weighted by Gasteiger charge is 2.09. The molecule has 0 aliphatic heterocycles. The van der Waals surface area contributed by atoms with E-state index in [2.05, 4.69) is 4.98 Å². The maximum Gasteiger partial charge on any atom is 0.311 e. The number of fused-ring (bicyclic) bond motifs is 1. The second-order valence-electron chi connectivity index (χ2n) is 4.01. The highest BCUT2D eigenvalue weighted by Crippen LogP contribution is 2.12. The lowest BCUT2D eigenvalue weighted by molar-refractivity contribution is -0.142. The second-order valence-corrected chi connectivity index (χ2v) is 4.01. The summed E-state index contributed by atoms with van der Waals surface area (Å²) < 4.78 is 6.61. The fraction of sp³-hybridized carbons (Fsp3) is 0.308. The Labute approximate surface area is 104 Å². The van der Waals surface area contributed by atoms with Crippen LogP contribution in [-0.4, -0.2) is 28.2 Å². The average Bonchev–Trinajstić information content (AvgIpc) is 2.69. The topological polar surface area (TPSA) is 60.7 Å². The number of imidazole rings is 1. The van der Waals surface area contributed by atoms with Crippen LogP contribution in [0.4, 0.5) is 0 Å². The molecule has 0 aliphatic rings. The van der Waals surface area contributed by atoms with Crippen molar-refractivity contribution >= 4 is 17.9 Å². The third kappa shape index (κ3) is 2.40. The van der Waals surface area contributed by atoms with Crippen molar-refractivity contribution in [1.82, 2.24) is 9.38 Å². The molecule has 18 heavy (non-hydrogen) atoms. The molecule has 2 aromatic heterocycles. The van der Waals surface area contributed by atoms with Crippen molar-refractivity contribution in [3.63, 3.8) is 0 Å². The summed E-state index contributed by atoms with van der Waals surface area (Å²) in [5.74, 6) is -0.298. The molecule has 94 valence electrons. The highest BCUT2D eigenvalue weighted by atomic mass is 16.5. The zero-order valence-electron chi connectivity index (χ0n) is 10.3. The van der Waals surface area contributed by atoms with Crippen LogP contribution < -0.4 is 0 Å². The summed E-state index contributed by atoms with van der Waals surface area (Å²) in [5.41, 5.74) is 2.83. The fourth-order valence-corrected chi connectivity index (χ4v) is 1.77. The van der Waals surface area contributed by atoms with Crippen LogP contribution in [0.3, 0.4) is 0 Å². The minimum Gasteiger partial charge on any atom is -0.466 e. The van der Waals surface area contributed by atoms with E-state index in [0.717, 1.165) is 17.5 Å². The van der Waals surface area contributed by atoms with E-state index in [9.17, 15) is 9.59 Å². The van der Waals surface area contributed by atoms with Gasteiger partial charge in [-0.1, -0.05) is 0 Å². The van der Waals surface area contributed by atoms with Gasteiger partial charge in [0.1, 0.15) is 5.65 Å². The number of esters is 1. The van der Waals surface area contributed by atoms with Crippen LogP contribution in [0.2, 0.25) is 0 Å². The first-order valence-corrected chi connectivity index (χ1v) is 5.73. The number of aromatic nitrogens is 2. The molecule has 0 spiro atoms. The van der Waals surface area contributed by atoms with Crippen molar-refractivity contribution < 1.29 is 14.3 Å². The van der Waals surface area contributed by atoms with Crippen LogP contribution in [0, 0.1) is 6.92 Å². The smallest absolute Gasteiger partial charge is 0.311 e. The van der Waals surface area contributed by atoms with Gasteiger partial charge in [0.05, 0.1) is 18.7 Å². The van der Waals surface area contributed by atoms with Crippen LogP contribution in [0.25, 0.3) is 5.65 Å². The molecule has 5 heteroatoms. The van der Waals surface area contributed by atoms with E-state index in [-0.39, 0.29) is 12.4 Å². The number of hydrogen-bond acceptors (Lipinski definition) is 4. The molecule has 0 aliphatic carbocycles. The predicted molar refractivity (Wildman–Crippen MR) is 65.7 cm³/mol. The van der Waals surface area contributed by atoms with Gasteiger partial charge >= 0.3 is 5.97 Å². The quantitative estimate of drug-likeness (QED) is 0.606. The molecular weight excluding hydrogens is 232 g/mol. The monoisotopic (exact) mass is 246 g/mol. The Balaban J connectivity index is 2.32. The maximum atomic E-state index is 11.4. The predicted octanol–water partition coefficient (Wildman–Crippen LogP) is 1.56. The molecule has 0 unspecified atom stereocenters. The Hall–Kier alpha value is -2.17. The third-order valence-corrected chi connectivity index (χ3v) is 2.65. The number of carbonyl (C=O) groups excluding carboxylic acids is 2. The molecule has 0 fully saturated rings. The number of ether oxygens (including phenoxy) is 1. The molecule has 2 heterocycles. The zero-order chi connectivity index (χ0) is 13.1. The molecule has 0 amide bonds. The Morgan fingerprint density at radius 1 is 1.50 bits per heavy atom. The van der Waals surface area contributed by atoms with Gasteiger partial charge in [0.2, 0.25) is 0 Å². The van der Waals surface area contributed by atoms with E-state index < -0.39 is 0 Å². The van der Waals surface area contributed by atoms with E-state index in [1.54, 1.807) is 23.7 Å². The van der Waals surface area contributed by atoms with Crippen LogP contribution in [-0.2, 0) is 16.0 Å².